The maximum atomic E-state index is 15.1. The van der Waals surface area contributed by atoms with E-state index in [1.807, 2.05) is 23.1 Å². The quantitative estimate of drug-likeness (QED) is 0.312. The number of pyridine rings is 1. The Morgan fingerprint density at radius 2 is 1.94 bits per heavy atom. The van der Waals surface area contributed by atoms with Gasteiger partial charge in [0, 0.05) is 54.1 Å². The highest BCUT2D eigenvalue weighted by Crippen LogP contribution is 2.38. The number of amides is 3. The summed E-state index contributed by atoms with van der Waals surface area (Å²) < 4.78 is 21.2. The highest BCUT2D eigenvalue weighted by Gasteiger charge is 2.40. The SMILES string of the molecule is N#Cc1cc(F)c(N2CCC(Sc3ccc(COc4cccc5c4CN([C@H]4CCC(=O)NC4=O)C5=O)cn3)CC2)cc1CC1(O)CCC1. The molecule has 3 fully saturated rings. The van der Waals surface area contributed by atoms with Crippen LogP contribution in [0.5, 0.6) is 5.75 Å². The standard InChI is InChI=1S/C36H36FN5O5S/c37-28-15-24(18-38)23(17-36(46)11-2-12-36)16-30(28)41-13-9-25(10-14-41)48-33-8-5-22(19-39-33)21-47-31-4-1-3-26-27(31)20-42(35(26)45)29-6-7-32(43)40-34(29)44/h1,3-5,8,15-16,19,25,29,46H,2,6-7,9-14,17,20-21H2,(H,40,43,44)/t29-/m0/s1. The Hall–Kier alpha value is -4.47. The lowest BCUT2D eigenvalue weighted by atomic mass is 9.75. The number of nitriles is 1. The minimum absolute atomic E-state index is 0.201. The third-order valence-electron chi connectivity index (χ3n) is 9.90. The van der Waals surface area contributed by atoms with Crippen molar-refractivity contribution in [2.75, 3.05) is 18.0 Å². The number of ether oxygens (including phenoxy) is 1. The summed E-state index contributed by atoms with van der Waals surface area (Å²) >= 11 is 1.70. The van der Waals surface area contributed by atoms with Crippen molar-refractivity contribution in [1.82, 2.24) is 15.2 Å². The number of carbonyl (C=O) groups excluding carboxylic acids is 3. The summed E-state index contributed by atoms with van der Waals surface area (Å²) in [7, 11) is 0. The summed E-state index contributed by atoms with van der Waals surface area (Å²) in [4.78, 5) is 45.3. The normalized spacial score (nSPS) is 20.6. The Bertz CT molecular complexity index is 1800. The second kappa shape index (κ2) is 13.2. The molecule has 248 valence electrons. The predicted molar refractivity (Wildman–Crippen MR) is 176 cm³/mol. The Kier molecular flexibility index (Phi) is 8.83. The Labute approximate surface area is 282 Å². The van der Waals surface area contributed by atoms with Gasteiger partial charge in [-0.2, -0.15) is 5.26 Å². The van der Waals surface area contributed by atoms with E-state index in [0.717, 1.165) is 35.4 Å². The van der Waals surface area contributed by atoms with E-state index in [0.29, 0.717) is 72.1 Å². The Morgan fingerprint density at radius 1 is 1.12 bits per heavy atom. The summed E-state index contributed by atoms with van der Waals surface area (Å²) in [5.41, 5.74) is 2.81. The van der Waals surface area contributed by atoms with Gasteiger partial charge in [0.25, 0.3) is 5.91 Å². The summed E-state index contributed by atoms with van der Waals surface area (Å²) in [6, 6.07) is 13.7. The third kappa shape index (κ3) is 6.49. The van der Waals surface area contributed by atoms with Gasteiger partial charge in [-0.15, -0.1) is 11.8 Å². The van der Waals surface area contributed by atoms with Crippen molar-refractivity contribution in [2.45, 2.75) is 86.4 Å². The van der Waals surface area contributed by atoms with Crippen LogP contribution in [0.1, 0.15) is 77.6 Å². The lowest BCUT2D eigenvalue weighted by Crippen LogP contribution is -2.52. The van der Waals surface area contributed by atoms with E-state index in [1.165, 1.54) is 11.0 Å². The molecule has 2 saturated heterocycles. The number of aliphatic hydroxyl groups is 1. The van der Waals surface area contributed by atoms with Crippen LogP contribution in [0.4, 0.5) is 10.1 Å². The van der Waals surface area contributed by atoms with Crippen LogP contribution in [0, 0.1) is 17.1 Å². The predicted octanol–water partition coefficient (Wildman–Crippen LogP) is 4.65. The van der Waals surface area contributed by atoms with Gasteiger partial charge < -0.3 is 19.6 Å². The molecule has 4 heterocycles. The number of nitrogens with one attached hydrogen (secondary N) is 1. The second-order valence-corrected chi connectivity index (χ2v) is 14.4. The summed E-state index contributed by atoms with van der Waals surface area (Å²) in [6.07, 6.45) is 6.75. The molecule has 1 saturated carbocycles. The number of hydrogen-bond donors (Lipinski definition) is 2. The van der Waals surface area contributed by atoms with Gasteiger partial charge in [-0.25, -0.2) is 9.37 Å². The van der Waals surface area contributed by atoms with E-state index in [4.69, 9.17) is 4.74 Å². The van der Waals surface area contributed by atoms with E-state index in [2.05, 4.69) is 16.4 Å². The molecular formula is C36H36FN5O5S. The van der Waals surface area contributed by atoms with Crippen LogP contribution < -0.4 is 15.0 Å². The summed E-state index contributed by atoms with van der Waals surface area (Å²) in [5.74, 6) is -0.835. The van der Waals surface area contributed by atoms with Gasteiger partial charge >= 0.3 is 0 Å². The molecule has 3 aromatic rings. The number of nitrogens with zero attached hydrogens (tertiary/aromatic N) is 4. The minimum Gasteiger partial charge on any atom is -0.488 e. The van der Waals surface area contributed by atoms with Gasteiger partial charge in [0.15, 0.2) is 0 Å². The minimum atomic E-state index is -0.789. The molecule has 3 amide bonds. The molecule has 4 aliphatic rings. The highest BCUT2D eigenvalue weighted by atomic mass is 32.2. The van der Waals surface area contributed by atoms with Crippen LogP contribution >= 0.6 is 11.8 Å². The molecule has 1 atom stereocenters. The van der Waals surface area contributed by atoms with Crippen LogP contribution in [-0.2, 0) is 29.2 Å². The monoisotopic (exact) mass is 669 g/mol. The molecule has 0 radical (unpaired) electrons. The zero-order valence-electron chi connectivity index (χ0n) is 26.4. The number of thioether (sulfide) groups is 1. The first-order valence-electron chi connectivity index (χ1n) is 16.4. The van der Waals surface area contributed by atoms with Gasteiger partial charge in [-0.3, -0.25) is 19.7 Å². The lowest BCUT2D eigenvalue weighted by Gasteiger charge is -2.37. The van der Waals surface area contributed by atoms with Gasteiger partial charge in [0.05, 0.1) is 34.5 Å². The molecule has 0 spiro atoms. The van der Waals surface area contributed by atoms with E-state index in [-0.39, 0.29) is 31.4 Å². The van der Waals surface area contributed by atoms with Crippen molar-refractivity contribution in [3.8, 4) is 11.8 Å². The summed E-state index contributed by atoms with van der Waals surface area (Å²) in [6.45, 7) is 1.86. The van der Waals surface area contributed by atoms with Crippen molar-refractivity contribution >= 4 is 35.2 Å². The summed E-state index contributed by atoms with van der Waals surface area (Å²) in [5, 5.41) is 23.8. The van der Waals surface area contributed by atoms with Crippen molar-refractivity contribution < 1.29 is 28.6 Å². The van der Waals surface area contributed by atoms with Gasteiger partial charge in [0.1, 0.15) is 24.2 Å². The van der Waals surface area contributed by atoms with Crippen LogP contribution in [0.25, 0.3) is 0 Å². The lowest BCUT2D eigenvalue weighted by molar-refractivity contribution is -0.136. The molecule has 10 nitrogen and oxygen atoms in total. The number of aromatic nitrogens is 1. The first kappa shape index (κ1) is 32.1. The largest absolute Gasteiger partial charge is 0.488 e. The van der Waals surface area contributed by atoms with Crippen LogP contribution in [0.3, 0.4) is 0 Å². The van der Waals surface area contributed by atoms with Crippen molar-refractivity contribution in [2.24, 2.45) is 0 Å². The van der Waals surface area contributed by atoms with E-state index < -0.39 is 23.4 Å². The molecular weight excluding hydrogens is 633 g/mol. The second-order valence-electron chi connectivity index (χ2n) is 13.1. The van der Waals surface area contributed by atoms with Crippen molar-refractivity contribution in [1.29, 1.82) is 5.26 Å². The first-order valence-corrected chi connectivity index (χ1v) is 17.3. The van der Waals surface area contributed by atoms with Gasteiger partial charge in [-0.05, 0) is 74.4 Å². The Morgan fingerprint density at radius 3 is 2.62 bits per heavy atom. The Balaban J connectivity index is 0.927. The molecule has 2 aromatic carbocycles. The van der Waals surface area contributed by atoms with Crippen LogP contribution in [0.2, 0.25) is 0 Å². The van der Waals surface area contributed by atoms with Gasteiger partial charge in [0.2, 0.25) is 11.8 Å². The molecule has 1 aromatic heterocycles. The van der Waals surface area contributed by atoms with E-state index >= 15 is 4.39 Å². The number of halogens is 1. The van der Waals surface area contributed by atoms with Crippen LogP contribution in [-0.4, -0.2) is 62.7 Å². The number of benzene rings is 2. The fourth-order valence-electron chi connectivity index (χ4n) is 7.02. The number of anilines is 1. The molecule has 1 aliphatic carbocycles. The smallest absolute Gasteiger partial charge is 0.255 e. The average Bonchev–Trinajstić information content (AvgIpc) is 3.41. The molecule has 3 aliphatic heterocycles. The zero-order chi connectivity index (χ0) is 33.4. The average molecular weight is 670 g/mol. The number of carbonyl (C=O) groups is 3. The molecule has 0 unspecified atom stereocenters. The van der Waals surface area contributed by atoms with Gasteiger partial charge in [-0.1, -0.05) is 12.1 Å². The topological polar surface area (TPSA) is 136 Å². The maximum absolute atomic E-state index is 15.1. The van der Waals surface area contributed by atoms with E-state index in [9.17, 15) is 24.8 Å². The molecule has 12 heteroatoms. The number of imide groups is 1. The number of piperidine rings is 2. The number of hydrogen-bond acceptors (Lipinski definition) is 9. The zero-order valence-corrected chi connectivity index (χ0v) is 27.2. The number of rotatable bonds is 9. The maximum Gasteiger partial charge on any atom is 0.255 e. The van der Waals surface area contributed by atoms with E-state index in [1.54, 1.807) is 36.2 Å². The molecule has 0 bridgehead atoms. The highest BCUT2D eigenvalue weighted by molar-refractivity contribution is 7.99. The van der Waals surface area contributed by atoms with Crippen molar-refractivity contribution in [3.63, 3.8) is 0 Å². The van der Waals surface area contributed by atoms with Crippen molar-refractivity contribution in [3.05, 3.63) is 82.3 Å². The fraction of sp³-hybridized carbons (Fsp3) is 0.417. The first-order chi connectivity index (χ1) is 23.2. The number of fused-ring (bicyclic) bond motifs is 1. The third-order valence-corrected chi connectivity index (χ3v) is 11.2. The fourth-order valence-corrected chi connectivity index (χ4v) is 8.07. The molecule has 7 rings (SSSR count). The van der Waals surface area contributed by atoms with Crippen LogP contribution in [0.15, 0.2) is 53.7 Å². The molecule has 48 heavy (non-hydrogen) atoms. The molecule has 2 N–H and O–H groups in total.